The number of nitrogens with one attached hydrogen (secondary N) is 1. The van der Waals surface area contributed by atoms with E-state index in [-0.39, 0.29) is 203 Å². The van der Waals surface area contributed by atoms with Crippen LogP contribution in [0.3, 0.4) is 0 Å². The maximum atomic E-state index is 12.4. The average Bonchev–Trinajstić information content (AvgIpc) is 3.36. The molecule has 5 atom stereocenters. The molecular weight excluding hydrogens is 992 g/mol. The number of hydrogen-bond donors (Lipinski definition) is 1. The first-order valence-electron chi connectivity index (χ1n) is 17.0. The van der Waals surface area contributed by atoms with Gasteiger partial charge in [-0.2, -0.15) is 15.5 Å². The SMILES string of the molecule is CC(=O)NC1CC(N(CCCCS(=O)(=O)[O-])CCCCS(=O)(=O)[O-])CCC1N=Nc1c(C#N)c(C(C)(C)C)nn1C1C(Br)CC(S(=O)(=O)[O-])CC1Br.[K+].[K+].[K+]. The van der Waals surface area contributed by atoms with E-state index in [9.17, 15) is 49.0 Å². The van der Waals surface area contributed by atoms with Gasteiger partial charge in [0, 0.05) is 39.5 Å². The third-order valence-corrected chi connectivity index (χ3v) is 13.9. The van der Waals surface area contributed by atoms with Crippen LogP contribution in [0.25, 0.3) is 0 Å². The number of unbranched alkanes of at least 4 members (excludes halogenated alkanes) is 2. The van der Waals surface area contributed by atoms with Crippen molar-refractivity contribution in [3.05, 3.63) is 11.3 Å². The topological polar surface area (TPSA) is 270 Å². The molecular formula is C30H46Br2K3N7O10S3. The number of rotatable bonds is 16. The first-order chi connectivity index (χ1) is 23.9. The smallest absolute Gasteiger partial charge is 0.748 e. The fourth-order valence-corrected chi connectivity index (χ4v) is 11.8. The third kappa shape index (κ3) is 19.3. The zero-order chi connectivity index (χ0) is 39.2. The summed E-state index contributed by atoms with van der Waals surface area (Å²) >= 11 is 7.12. The Morgan fingerprint density at radius 2 is 1.44 bits per heavy atom. The normalized spacial score (nSPS) is 25.0. The van der Waals surface area contributed by atoms with Gasteiger partial charge in [0.25, 0.3) is 0 Å². The molecule has 1 amide bonds. The molecule has 2 saturated carbocycles. The van der Waals surface area contributed by atoms with Crippen LogP contribution in [0.15, 0.2) is 10.2 Å². The van der Waals surface area contributed by atoms with Gasteiger partial charge in [0.15, 0.2) is 5.82 Å². The van der Waals surface area contributed by atoms with Crippen LogP contribution in [0.5, 0.6) is 0 Å². The molecule has 0 bridgehead atoms. The summed E-state index contributed by atoms with van der Waals surface area (Å²) in [5.41, 5.74) is 0.0510. The Morgan fingerprint density at radius 3 is 1.85 bits per heavy atom. The van der Waals surface area contributed by atoms with E-state index in [1.54, 1.807) is 4.68 Å². The van der Waals surface area contributed by atoms with Crippen molar-refractivity contribution >= 4 is 73.9 Å². The molecule has 296 valence electrons. The van der Waals surface area contributed by atoms with Gasteiger partial charge in [-0.15, -0.1) is 5.11 Å². The largest absolute Gasteiger partial charge is 1.00 e. The predicted octanol–water partition coefficient (Wildman–Crippen LogP) is -5.70. The number of amides is 1. The summed E-state index contributed by atoms with van der Waals surface area (Å²) < 4.78 is 104. The third-order valence-electron chi connectivity index (χ3n) is 9.29. The van der Waals surface area contributed by atoms with Crippen molar-refractivity contribution in [1.82, 2.24) is 20.0 Å². The van der Waals surface area contributed by atoms with Gasteiger partial charge < -0.3 is 23.9 Å². The number of nitriles is 1. The first kappa shape index (κ1) is 58.3. The molecule has 1 heterocycles. The summed E-state index contributed by atoms with van der Waals surface area (Å²) in [7, 11) is -13.3. The van der Waals surface area contributed by atoms with E-state index in [0.29, 0.717) is 50.9 Å². The van der Waals surface area contributed by atoms with Crippen molar-refractivity contribution in [3.63, 3.8) is 0 Å². The molecule has 25 heteroatoms. The Kier molecular flexibility index (Phi) is 27.1. The predicted molar refractivity (Wildman–Crippen MR) is 196 cm³/mol. The van der Waals surface area contributed by atoms with Gasteiger partial charge in [-0.1, -0.05) is 52.6 Å². The van der Waals surface area contributed by atoms with Gasteiger partial charge in [0.1, 0.15) is 11.6 Å². The monoisotopic (exact) mass is 1030 g/mol. The zero-order valence-corrected chi connectivity index (χ0v) is 47.5. The van der Waals surface area contributed by atoms with E-state index < -0.39 is 80.3 Å². The van der Waals surface area contributed by atoms with Crippen LogP contribution in [0, 0.1) is 11.3 Å². The molecule has 0 radical (unpaired) electrons. The molecule has 0 aromatic carbocycles. The molecule has 2 aliphatic rings. The van der Waals surface area contributed by atoms with E-state index in [2.05, 4.69) is 58.4 Å². The van der Waals surface area contributed by atoms with Crippen LogP contribution in [0.1, 0.15) is 103 Å². The average molecular weight is 1040 g/mol. The molecule has 5 unspecified atom stereocenters. The second-order valence-corrected chi connectivity index (χ2v) is 21.5. The van der Waals surface area contributed by atoms with Gasteiger partial charge in [-0.25, -0.2) is 29.9 Å². The van der Waals surface area contributed by atoms with Gasteiger partial charge in [0.2, 0.25) is 5.91 Å². The van der Waals surface area contributed by atoms with Crippen molar-refractivity contribution in [2.45, 2.75) is 130 Å². The Morgan fingerprint density at radius 1 is 0.927 bits per heavy atom. The Hall–Kier alpha value is 3.33. The van der Waals surface area contributed by atoms with Crippen LogP contribution in [-0.2, 0) is 40.6 Å². The first-order valence-corrected chi connectivity index (χ1v) is 23.4. The van der Waals surface area contributed by atoms with E-state index in [4.69, 9.17) is 5.10 Å². The standard InChI is InChI=1S/C30H49Br2N7O10S3.3K/c1-19(40)34-26-15-20(38(11-5-7-13-50(41,42)43)12-6-8-14-51(44,45)46)9-10-25(26)35-36-29-22(18-33)28(30(2,3)4)37-39(29)27-23(31)16-21(17-24(27)32)52(47,48)49;;;/h20-21,23-27H,5-17H2,1-4H3,(H,34,40)(H,41,42,43)(H,44,45,46)(H,47,48,49);;;/q;3*+1/p-3. The Balaban J connectivity index is 0.00000972. The van der Waals surface area contributed by atoms with Gasteiger partial charge in [-0.05, 0) is 70.9 Å². The van der Waals surface area contributed by atoms with Crippen LogP contribution >= 0.6 is 31.9 Å². The number of nitrogens with zero attached hydrogens (tertiary/aromatic N) is 6. The van der Waals surface area contributed by atoms with Crippen LogP contribution in [0.2, 0.25) is 0 Å². The number of hydrogen-bond acceptors (Lipinski definition) is 15. The second kappa shape index (κ2) is 25.6. The molecule has 1 aromatic rings. The van der Waals surface area contributed by atoms with Crippen molar-refractivity contribution < 1.29 is 198 Å². The van der Waals surface area contributed by atoms with E-state index in [0.717, 1.165) is 0 Å². The number of carbonyl (C=O) groups excluding carboxylic acids is 1. The molecule has 0 aliphatic heterocycles. The fraction of sp³-hybridized carbons (Fsp3) is 0.833. The zero-order valence-electron chi connectivity index (χ0n) is 32.5. The minimum atomic E-state index is -4.56. The van der Waals surface area contributed by atoms with E-state index >= 15 is 0 Å². The summed E-state index contributed by atoms with van der Waals surface area (Å²) in [5.74, 6) is -1.19. The number of azo groups is 1. The summed E-state index contributed by atoms with van der Waals surface area (Å²) in [6, 6.07) is 0.479. The molecule has 0 spiro atoms. The molecule has 55 heavy (non-hydrogen) atoms. The van der Waals surface area contributed by atoms with Gasteiger partial charge >= 0.3 is 154 Å². The molecule has 17 nitrogen and oxygen atoms in total. The molecule has 2 aliphatic carbocycles. The van der Waals surface area contributed by atoms with Crippen LogP contribution in [-0.4, -0.2) is 117 Å². The Labute approximate surface area is 470 Å². The summed E-state index contributed by atoms with van der Waals surface area (Å²) in [5, 5.41) is 26.2. The van der Waals surface area contributed by atoms with Crippen molar-refractivity contribution in [3.8, 4) is 6.07 Å². The molecule has 3 rings (SSSR count). The summed E-state index contributed by atoms with van der Waals surface area (Å²) in [4.78, 5) is 13.4. The molecule has 1 aromatic heterocycles. The maximum Gasteiger partial charge on any atom is 1.00 e. The fourth-order valence-electron chi connectivity index (χ4n) is 6.81. The van der Waals surface area contributed by atoms with Crippen molar-refractivity contribution in [2.75, 3.05) is 24.6 Å². The molecule has 2 fully saturated rings. The quantitative estimate of drug-likeness (QED) is 0.0533. The Bertz CT molecular complexity index is 1780. The van der Waals surface area contributed by atoms with Crippen LogP contribution < -0.4 is 159 Å². The minimum absolute atomic E-state index is 0. The van der Waals surface area contributed by atoms with Crippen molar-refractivity contribution in [1.29, 1.82) is 5.26 Å². The van der Waals surface area contributed by atoms with Crippen molar-refractivity contribution in [2.24, 2.45) is 10.2 Å². The number of carbonyl (C=O) groups is 1. The van der Waals surface area contributed by atoms with Crippen LogP contribution in [0.4, 0.5) is 5.82 Å². The second-order valence-electron chi connectivity index (χ2n) is 14.5. The van der Waals surface area contributed by atoms with E-state index in [1.807, 2.05) is 20.8 Å². The number of halogens is 2. The molecule has 1 N–H and O–H groups in total. The maximum absolute atomic E-state index is 12.4. The molecule has 0 saturated heterocycles. The van der Waals surface area contributed by atoms with Gasteiger partial charge in [0.05, 0.1) is 59.4 Å². The summed E-state index contributed by atoms with van der Waals surface area (Å²) in [6.07, 6.45) is 2.50. The number of aromatic nitrogens is 2. The minimum Gasteiger partial charge on any atom is -0.748 e. The summed E-state index contributed by atoms with van der Waals surface area (Å²) in [6.45, 7) is 7.84. The van der Waals surface area contributed by atoms with E-state index in [1.165, 1.54) is 6.92 Å². The number of alkyl halides is 2. The van der Waals surface area contributed by atoms with Gasteiger partial charge in [-0.3, -0.25) is 4.79 Å².